The Morgan fingerprint density at radius 3 is 2.83 bits per heavy atom. The zero-order valence-electron chi connectivity index (χ0n) is 12.6. The fraction of sp³-hybridized carbons (Fsp3) is 0.333. The van der Waals surface area contributed by atoms with E-state index in [0.29, 0.717) is 18.8 Å². The molecule has 3 N–H and O–H groups in total. The van der Waals surface area contributed by atoms with Gasteiger partial charge in [0.05, 0.1) is 31.1 Å². The number of para-hydroxylation sites is 1. The molecular formula is C15H18FN3O4. The van der Waals surface area contributed by atoms with Crippen LogP contribution in [0.2, 0.25) is 0 Å². The van der Waals surface area contributed by atoms with Gasteiger partial charge in [-0.1, -0.05) is 6.07 Å². The summed E-state index contributed by atoms with van der Waals surface area (Å²) in [7, 11) is 1.53. The first-order chi connectivity index (χ1) is 11.1. The molecule has 7 nitrogen and oxygen atoms in total. The third-order valence-electron chi connectivity index (χ3n) is 3.22. The summed E-state index contributed by atoms with van der Waals surface area (Å²) in [5, 5.41) is 14.5. The Bertz CT molecular complexity index is 633. The highest BCUT2D eigenvalue weighted by molar-refractivity contribution is 6.17. The van der Waals surface area contributed by atoms with Crippen molar-refractivity contribution in [3.8, 4) is 0 Å². The third-order valence-corrected chi connectivity index (χ3v) is 3.22. The molecule has 1 heterocycles. The summed E-state index contributed by atoms with van der Waals surface area (Å²) in [6, 6.07) is 4.37. The van der Waals surface area contributed by atoms with E-state index in [2.05, 4.69) is 10.6 Å². The third kappa shape index (κ3) is 3.85. The summed E-state index contributed by atoms with van der Waals surface area (Å²) < 4.78 is 18.9. The van der Waals surface area contributed by atoms with E-state index in [1.807, 2.05) is 0 Å². The average molecular weight is 323 g/mol. The normalized spacial score (nSPS) is 14.2. The van der Waals surface area contributed by atoms with Gasteiger partial charge in [0.1, 0.15) is 11.5 Å². The second-order valence-electron chi connectivity index (χ2n) is 4.78. The van der Waals surface area contributed by atoms with Gasteiger partial charge in [-0.05, 0) is 12.1 Å². The first-order valence-corrected chi connectivity index (χ1v) is 7.05. The number of anilines is 2. The first kappa shape index (κ1) is 16.9. The van der Waals surface area contributed by atoms with Crippen LogP contribution < -0.4 is 10.6 Å². The number of hydrogen-bond acceptors (Lipinski definition) is 6. The number of benzene rings is 1. The second kappa shape index (κ2) is 7.70. The Morgan fingerprint density at radius 1 is 1.35 bits per heavy atom. The minimum absolute atomic E-state index is 0.0313. The maximum atomic E-state index is 14.0. The first-order valence-electron chi connectivity index (χ1n) is 7.05. The highest BCUT2D eigenvalue weighted by Gasteiger charge is 2.31. The van der Waals surface area contributed by atoms with Gasteiger partial charge in [-0.2, -0.15) is 0 Å². The Hall–Kier alpha value is -2.45. The molecule has 8 heteroatoms. The molecular weight excluding hydrogens is 305 g/mol. The molecule has 0 aliphatic carbocycles. The summed E-state index contributed by atoms with van der Waals surface area (Å²) in [5.74, 6) is -1.57. The maximum absolute atomic E-state index is 14.0. The number of methoxy groups -OCH3 is 1. The molecule has 0 fully saturated rings. The van der Waals surface area contributed by atoms with Crippen LogP contribution >= 0.6 is 0 Å². The number of carbonyl (C=O) groups is 2. The van der Waals surface area contributed by atoms with Gasteiger partial charge in [-0.3, -0.25) is 14.5 Å². The standard InChI is InChI=1S/C15H18FN3O4/c1-23-8-5-17-14-10(16)3-2-4-11(14)18-12-9-13(21)19(6-7-20)15(12)22/h2-4,9,17-18,20H,5-8H2,1H3. The van der Waals surface area contributed by atoms with Crippen LogP contribution in [-0.2, 0) is 14.3 Å². The highest BCUT2D eigenvalue weighted by atomic mass is 19.1. The van der Waals surface area contributed by atoms with Crippen LogP contribution in [0.15, 0.2) is 30.0 Å². The Labute approximate surface area is 132 Å². The number of ether oxygens (including phenoxy) is 1. The lowest BCUT2D eigenvalue weighted by molar-refractivity contribution is -0.137. The zero-order valence-corrected chi connectivity index (χ0v) is 12.6. The predicted molar refractivity (Wildman–Crippen MR) is 82.3 cm³/mol. The number of nitrogens with one attached hydrogen (secondary N) is 2. The van der Waals surface area contributed by atoms with Crippen molar-refractivity contribution < 1.29 is 23.8 Å². The second-order valence-corrected chi connectivity index (χ2v) is 4.78. The number of carbonyl (C=O) groups excluding carboxylic acids is 2. The molecule has 0 spiro atoms. The summed E-state index contributed by atoms with van der Waals surface area (Å²) in [6.07, 6.45) is 1.13. The van der Waals surface area contributed by atoms with E-state index in [4.69, 9.17) is 9.84 Å². The van der Waals surface area contributed by atoms with Crippen LogP contribution in [0, 0.1) is 5.82 Å². The molecule has 0 saturated carbocycles. The lowest BCUT2D eigenvalue weighted by atomic mass is 10.2. The van der Waals surface area contributed by atoms with Crippen molar-refractivity contribution in [3.05, 3.63) is 35.8 Å². The van der Waals surface area contributed by atoms with Gasteiger partial charge in [0.2, 0.25) is 0 Å². The SMILES string of the molecule is COCCNc1c(F)cccc1NC1=CC(=O)N(CCO)C1=O. The van der Waals surface area contributed by atoms with Crippen molar-refractivity contribution in [2.24, 2.45) is 0 Å². The molecule has 0 bridgehead atoms. The monoisotopic (exact) mass is 323 g/mol. The lowest BCUT2D eigenvalue weighted by Gasteiger charge is -2.16. The predicted octanol–water partition coefficient (Wildman–Crippen LogP) is 0.541. The minimum Gasteiger partial charge on any atom is -0.395 e. The van der Waals surface area contributed by atoms with Gasteiger partial charge in [0, 0.05) is 19.7 Å². The van der Waals surface area contributed by atoms with E-state index >= 15 is 0 Å². The van der Waals surface area contributed by atoms with Crippen LogP contribution in [0.3, 0.4) is 0 Å². The molecule has 0 aromatic heterocycles. The topological polar surface area (TPSA) is 90.9 Å². The number of halogens is 1. The van der Waals surface area contributed by atoms with Crippen molar-refractivity contribution in [1.82, 2.24) is 4.90 Å². The van der Waals surface area contributed by atoms with Gasteiger partial charge in [0.15, 0.2) is 0 Å². The summed E-state index contributed by atoms with van der Waals surface area (Å²) >= 11 is 0. The van der Waals surface area contributed by atoms with Gasteiger partial charge >= 0.3 is 0 Å². The van der Waals surface area contributed by atoms with Gasteiger partial charge in [0.25, 0.3) is 11.8 Å². The Balaban J connectivity index is 2.17. The Kier molecular flexibility index (Phi) is 5.67. The van der Waals surface area contributed by atoms with Crippen molar-refractivity contribution in [1.29, 1.82) is 0 Å². The fourth-order valence-corrected chi connectivity index (χ4v) is 2.14. The van der Waals surface area contributed by atoms with E-state index in [1.165, 1.54) is 19.2 Å². The number of rotatable bonds is 8. The molecule has 1 aromatic carbocycles. The lowest BCUT2D eigenvalue weighted by Crippen LogP contribution is -2.34. The van der Waals surface area contributed by atoms with E-state index in [-0.39, 0.29) is 24.5 Å². The zero-order chi connectivity index (χ0) is 16.8. The van der Waals surface area contributed by atoms with Gasteiger partial charge in [-0.25, -0.2) is 4.39 Å². The average Bonchev–Trinajstić information content (AvgIpc) is 2.78. The van der Waals surface area contributed by atoms with Crippen LogP contribution in [0.25, 0.3) is 0 Å². The molecule has 2 rings (SSSR count). The van der Waals surface area contributed by atoms with Crippen LogP contribution in [0.1, 0.15) is 0 Å². The molecule has 124 valence electrons. The number of hydrogen-bond donors (Lipinski definition) is 3. The minimum atomic E-state index is -0.559. The molecule has 1 aliphatic rings. The summed E-state index contributed by atoms with van der Waals surface area (Å²) in [4.78, 5) is 24.7. The largest absolute Gasteiger partial charge is 0.395 e. The molecule has 2 amide bonds. The number of aliphatic hydroxyl groups is 1. The van der Waals surface area contributed by atoms with Crippen molar-refractivity contribution in [3.63, 3.8) is 0 Å². The van der Waals surface area contributed by atoms with Crippen molar-refractivity contribution in [2.45, 2.75) is 0 Å². The number of β-amino-alcohol motifs (C(OH)–C–C–N with tert-alkyl or cyclic N) is 1. The van der Waals surface area contributed by atoms with Crippen LogP contribution in [0.5, 0.6) is 0 Å². The van der Waals surface area contributed by atoms with Crippen molar-refractivity contribution >= 4 is 23.2 Å². The molecule has 0 unspecified atom stereocenters. The summed E-state index contributed by atoms with van der Waals surface area (Å²) in [6.45, 7) is 0.372. The van der Waals surface area contributed by atoms with E-state index in [0.717, 1.165) is 11.0 Å². The van der Waals surface area contributed by atoms with Crippen LogP contribution in [-0.4, -0.2) is 55.2 Å². The summed E-state index contributed by atoms with van der Waals surface area (Å²) in [5.41, 5.74) is 0.550. The quantitative estimate of drug-likeness (QED) is 0.478. The van der Waals surface area contributed by atoms with Crippen molar-refractivity contribution in [2.75, 3.05) is 44.0 Å². The molecule has 0 radical (unpaired) electrons. The smallest absolute Gasteiger partial charge is 0.277 e. The molecule has 0 atom stereocenters. The van der Waals surface area contributed by atoms with Gasteiger partial charge < -0.3 is 20.5 Å². The van der Waals surface area contributed by atoms with E-state index in [1.54, 1.807) is 6.07 Å². The highest BCUT2D eigenvalue weighted by Crippen LogP contribution is 2.27. The van der Waals surface area contributed by atoms with Crippen LogP contribution in [0.4, 0.5) is 15.8 Å². The molecule has 0 saturated heterocycles. The molecule has 1 aliphatic heterocycles. The van der Waals surface area contributed by atoms with E-state index < -0.39 is 17.6 Å². The number of imide groups is 1. The van der Waals surface area contributed by atoms with E-state index in [9.17, 15) is 14.0 Å². The Morgan fingerprint density at radius 2 is 2.13 bits per heavy atom. The number of amides is 2. The fourth-order valence-electron chi connectivity index (χ4n) is 2.14. The molecule has 1 aromatic rings. The molecule has 23 heavy (non-hydrogen) atoms. The number of aliphatic hydroxyl groups excluding tert-OH is 1. The maximum Gasteiger partial charge on any atom is 0.277 e. The number of nitrogens with zero attached hydrogens (tertiary/aromatic N) is 1. The van der Waals surface area contributed by atoms with Gasteiger partial charge in [-0.15, -0.1) is 0 Å².